The summed E-state index contributed by atoms with van der Waals surface area (Å²) >= 11 is 0. The maximum absolute atomic E-state index is 9.72. The van der Waals surface area contributed by atoms with Gasteiger partial charge in [-0.1, -0.05) is 19.1 Å². The minimum absolute atomic E-state index is 0.329. The Hall–Kier alpha value is -1.02. The fourth-order valence-electron chi connectivity index (χ4n) is 1.71. The molecule has 15 heavy (non-hydrogen) atoms. The first-order chi connectivity index (χ1) is 7.15. The van der Waals surface area contributed by atoms with Crippen molar-refractivity contribution in [3.8, 4) is 0 Å². The normalized spacial score (nSPS) is 24.0. The molecule has 0 aromatic carbocycles. The summed E-state index contributed by atoms with van der Waals surface area (Å²) in [6.45, 7) is 8.88. The summed E-state index contributed by atoms with van der Waals surface area (Å²) in [4.78, 5) is 0. The van der Waals surface area contributed by atoms with Crippen molar-refractivity contribution in [2.45, 2.75) is 39.2 Å². The molecule has 1 aliphatic rings. The highest BCUT2D eigenvalue weighted by Gasteiger charge is 2.14. The third-order valence-corrected chi connectivity index (χ3v) is 2.92. The predicted molar refractivity (Wildman–Crippen MR) is 64.9 cm³/mol. The van der Waals surface area contributed by atoms with Crippen molar-refractivity contribution in [2.24, 2.45) is 0 Å². The molecule has 0 amide bonds. The standard InChI is InChI=1S/C13H21NO/c1-4-10(2)13(15)9-11(3)12-7-5-6-8-14-12/h4,9,12,14-15H,3,5-8H2,1-2H3/b10-4-,13-9+/t12-/m0/s1. The third-order valence-electron chi connectivity index (χ3n) is 2.92. The minimum Gasteiger partial charge on any atom is -0.508 e. The predicted octanol–water partition coefficient (Wildman–Crippen LogP) is 3.09. The SMILES string of the molecule is C=C(/C=C(O)\C(C)=C/C)[C@@H]1CCCCN1. The van der Waals surface area contributed by atoms with Crippen molar-refractivity contribution < 1.29 is 5.11 Å². The van der Waals surface area contributed by atoms with Gasteiger partial charge in [0.05, 0.1) is 0 Å². The van der Waals surface area contributed by atoms with Crippen molar-refractivity contribution in [1.82, 2.24) is 5.32 Å². The number of nitrogens with one attached hydrogen (secondary N) is 1. The molecule has 0 radical (unpaired) electrons. The zero-order chi connectivity index (χ0) is 11.3. The summed E-state index contributed by atoms with van der Waals surface area (Å²) in [6, 6.07) is 0.338. The molecule has 0 saturated carbocycles. The van der Waals surface area contributed by atoms with E-state index in [4.69, 9.17) is 0 Å². The van der Waals surface area contributed by atoms with Gasteiger partial charge in [0.15, 0.2) is 0 Å². The average molecular weight is 207 g/mol. The van der Waals surface area contributed by atoms with E-state index in [-0.39, 0.29) is 0 Å². The van der Waals surface area contributed by atoms with Crippen LogP contribution in [0.3, 0.4) is 0 Å². The molecule has 0 spiro atoms. The van der Waals surface area contributed by atoms with Crippen molar-refractivity contribution >= 4 is 0 Å². The number of aliphatic hydroxyl groups is 1. The van der Waals surface area contributed by atoms with Gasteiger partial charge in [-0.05, 0) is 50.5 Å². The first-order valence-corrected chi connectivity index (χ1v) is 5.61. The van der Waals surface area contributed by atoms with Gasteiger partial charge in [0, 0.05) is 6.04 Å². The van der Waals surface area contributed by atoms with E-state index in [1.54, 1.807) is 6.08 Å². The van der Waals surface area contributed by atoms with E-state index in [1.165, 1.54) is 12.8 Å². The second-order valence-corrected chi connectivity index (χ2v) is 4.08. The molecule has 2 N–H and O–H groups in total. The van der Waals surface area contributed by atoms with Gasteiger partial charge in [-0.2, -0.15) is 0 Å². The van der Waals surface area contributed by atoms with Crippen molar-refractivity contribution in [2.75, 3.05) is 6.54 Å². The number of allylic oxidation sites excluding steroid dienone is 2. The van der Waals surface area contributed by atoms with Crippen LogP contribution in [0.1, 0.15) is 33.1 Å². The number of hydrogen-bond acceptors (Lipinski definition) is 2. The molecule has 0 aromatic rings. The van der Waals surface area contributed by atoms with Crippen LogP contribution >= 0.6 is 0 Å². The van der Waals surface area contributed by atoms with Crippen LogP contribution in [0.5, 0.6) is 0 Å². The topological polar surface area (TPSA) is 32.3 Å². The van der Waals surface area contributed by atoms with Gasteiger partial charge < -0.3 is 10.4 Å². The highest BCUT2D eigenvalue weighted by Crippen LogP contribution is 2.17. The van der Waals surface area contributed by atoms with Crippen LogP contribution in [0.2, 0.25) is 0 Å². The molecule has 84 valence electrons. The first-order valence-electron chi connectivity index (χ1n) is 5.61. The maximum Gasteiger partial charge on any atom is 0.118 e. The van der Waals surface area contributed by atoms with Crippen molar-refractivity contribution in [1.29, 1.82) is 0 Å². The zero-order valence-corrected chi connectivity index (χ0v) is 9.71. The van der Waals surface area contributed by atoms with Gasteiger partial charge in [-0.25, -0.2) is 0 Å². The largest absolute Gasteiger partial charge is 0.508 e. The lowest BCUT2D eigenvalue weighted by atomic mass is 9.97. The van der Waals surface area contributed by atoms with E-state index in [2.05, 4.69) is 11.9 Å². The molecule has 1 atom stereocenters. The lowest BCUT2D eigenvalue weighted by Gasteiger charge is -2.24. The van der Waals surface area contributed by atoms with Crippen LogP contribution in [0.15, 0.2) is 35.6 Å². The summed E-state index contributed by atoms with van der Waals surface area (Å²) < 4.78 is 0. The molecule has 1 heterocycles. The van der Waals surface area contributed by atoms with Gasteiger partial charge >= 0.3 is 0 Å². The Labute approximate surface area is 92.4 Å². The third kappa shape index (κ3) is 3.56. The van der Waals surface area contributed by atoms with E-state index < -0.39 is 0 Å². The molecule has 1 aliphatic heterocycles. The Balaban J connectivity index is 2.60. The Kier molecular flexibility index (Phi) is 4.63. The lowest BCUT2D eigenvalue weighted by Crippen LogP contribution is -2.34. The number of rotatable bonds is 3. The van der Waals surface area contributed by atoms with Crippen LogP contribution in [0.4, 0.5) is 0 Å². The van der Waals surface area contributed by atoms with E-state index in [0.717, 1.165) is 24.1 Å². The molecule has 1 saturated heterocycles. The molecular formula is C13H21NO. The van der Waals surface area contributed by atoms with Crippen LogP contribution in [-0.4, -0.2) is 17.7 Å². The molecule has 1 rings (SSSR count). The average Bonchev–Trinajstić information content (AvgIpc) is 2.29. The molecule has 0 aliphatic carbocycles. The smallest absolute Gasteiger partial charge is 0.118 e. The van der Waals surface area contributed by atoms with Gasteiger partial charge in [0.25, 0.3) is 0 Å². The van der Waals surface area contributed by atoms with Crippen molar-refractivity contribution in [3.05, 3.63) is 35.6 Å². The highest BCUT2D eigenvalue weighted by molar-refractivity contribution is 5.32. The summed E-state index contributed by atoms with van der Waals surface area (Å²) in [5, 5.41) is 13.1. The molecular weight excluding hydrogens is 186 g/mol. The number of piperidine rings is 1. The van der Waals surface area contributed by atoms with Crippen LogP contribution in [-0.2, 0) is 0 Å². The monoisotopic (exact) mass is 207 g/mol. The maximum atomic E-state index is 9.72. The molecule has 1 fully saturated rings. The summed E-state index contributed by atoms with van der Waals surface area (Å²) in [7, 11) is 0. The van der Waals surface area contributed by atoms with Crippen molar-refractivity contribution in [3.63, 3.8) is 0 Å². The Morgan fingerprint density at radius 2 is 2.20 bits per heavy atom. The number of hydrogen-bond donors (Lipinski definition) is 2. The quantitative estimate of drug-likeness (QED) is 0.550. The van der Waals surface area contributed by atoms with Crippen LogP contribution < -0.4 is 5.32 Å². The summed E-state index contributed by atoms with van der Waals surface area (Å²) in [6.07, 6.45) is 7.28. The molecule has 0 unspecified atom stereocenters. The van der Waals surface area contributed by atoms with Gasteiger partial charge in [0.1, 0.15) is 5.76 Å². The zero-order valence-electron chi connectivity index (χ0n) is 9.71. The lowest BCUT2D eigenvalue weighted by molar-refractivity contribution is 0.416. The van der Waals surface area contributed by atoms with E-state index in [1.807, 2.05) is 19.9 Å². The second kappa shape index (κ2) is 5.76. The fourth-order valence-corrected chi connectivity index (χ4v) is 1.71. The Morgan fingerprint density at radius 1 is 1.47 bits per heavy atom. The van der Waals surface area contributed by atoms with Gasteiger partial charge in [-0.15, -0.1) is 0 Å². The molecule has 2 nitrogen and oxygen atoms in total. The van der Waals surface area contributed by atoms with Gasteiger partial charge in [-0.3, -0.25) is 0 Å². The van der Waals surface area contributed by atoms with E-state index >= 15 is 0 Å². The van der Waals surface area contributed by atoms with E-state index in [0.29, 0.717) is 11.8 Å². The van der Waals surface area contributed by atoms with Gasteiger partial charge in [0.2, 0.25) is 0 Å². The van der Waals surface area contributed by atoms with E-state index in [9.17, 15) is 5.11 Å². The summed E-state index contributed by atoms with van der Waals surface area (Å²) in [5.41, 5.74) is 1.88. The molecule has 0 bridgehead atoms. The molecule has 2 heteroatoms. The van der Waals surface area contributed by atoms with Crippen LogP contribution in [0.25, 0.3) is 0 Å². The minimum atomic E-state index is 0.329. The fraction of sp³-hybridized carbons (Fsp3) is 0.538. The second-order valence-electron chi connectivity index (χ2n) is 4.08. The first kappa shape index (κ1) is 12.1. The van der Waals surface area contributed by atoms with Crippen LogP contribution in [0, 0.1) is 0 Å². The number of aliphatic hydroxyl groups excluding tert-OH is 1. The Morgan fingerprint density at radius 3 is 2.73 bits per heavy atom. The highest BCUT2D eigenvalue weighted by atomic mass is 16.3. The Bertz CT molecular complexity index is 283. The summed E-state index contributed by atoms with van der Waals surface area (Å²) in [5.74, 6) is 0.329. The molecule has 0 aromatic heterocycles.